The van der Waals surface area contributed by atoms with Crippen molar-refractivity contribution in [3.63, 3.8) is 0 Å². The van der Waals surface area contributed by atoms with Crippen molar-refractivity contribution in [1.29, 1.82) is 0 Å². The Bertz CT molecular complexity index is 815. The molecule has 0 spiro atoms. The van der Waals surface area contributed by atoms with E-state index in [1.54, 1.807) is 17.5 Å². The number of hydrogen-bond acceptors (Lipinski definition) is 5. The first-order valence-electron chi connectivity index (χ1n) is 7.62. The third-order valence-corrected chi connectivity index (χ3v) is 7.04. The number of benzene rings is 1. The number of sulfonamides is 1. The molecule has 1 aromatic carbocycles. The smallest absolute Gasteiger partial charge is 0.250 e. The molecule has 0 bridgehead atoms. The van der Waals surface area contributed by atoms with Gasteiger partial charge in [0.1, 0.15) is 17.4 Å². The lowest BCUT2D eigenvalue weighted by atomic mass is 9.88. The fourth-order valence-electron chi connectivity index (χ4n) is 3.12. The maximum Gasteiger partial charge on any atom is 0.250 e. The molecular weight excluding hydrogens is 334 g/mol. The highest BCUT2D eigenvalue weighted by atomic mass is 32.2. The van der Waals surface area contributed by atoms with Gasteiger partial charge in [-0.25, -0.2) is 13.1 Å². The fraction of sp³-hybridized carbons (Fsp3) is 0.375. The van der Waals surface area contributed by atoms with Gasteiger partial charge in [-0.2, -0.15) is 0 Å². The molecular formula is C16H17NO4S2. The zero-order chi connectivity index (χ0) is 15.9. The fourth-order valence-corrected chi connectivity index (χ4v) is 5.38. The third kappa shape index (κ3) is 2.84. The minimum Gasteiger partial charge on any atom is -0.486 e. The Morgan fingerprint density at radius 2 is 1.96 bits per heavy atom. The Balaban J connectivity index is 1.68. The molecule has 1 unspecified atom stereocenters. The van der Waals surface area contributed by atoms with Crippen LogP contribution in [0, 0.1) is 0 Å². The van der Waals surface area contributed by atoms with E-state index in [9.17, 15) is 8.42 Å². The van der Waals surface area contributed by atoms with Crippen molar-refractivity contribution in [3.8, 4) is 11.5 Å². The molecule has 2 aliphatic rings. The number of hydrogen-bond donors (Lipinski definition) is 1. The summed E-state index contributed by atoms with van der Waals surface area (Å²) < 4.78 is 39.5. The second-order valence-electron chi connectivity index (χ2n) is 5.69. The van der Waals surface area contributed by atoms with Gasteiger partial charge in [-0.1, -0.05) is 6.07 Å². The Kier molecular flexibility index (Phi) is 3.79. The summed E-state index contributed by atoms with van der Waals surface area (Å²) >= 11 is 1.23. The SMILES string of the molecule is O=S(=O)(NC1CCCc2cc3c(cc21)OCCO3)c1cccs1. The van der Waals surface area contributed by atoms with Crippen LogP contribution in [-0.2, 0) is 16.4 Å². The topological polar surface area (TPSA) is 64.6 Å². The minimum absolute atomic E-state index is 0.221. The van der Waals surface area contributed by atoms with Gasteiger partial charge in [-0.05, 0) is 54.0 Å². The molecule has 0 radical (unpaired) electrons. The summed E-state index contributed by atoms with van der Waals surface area (Å²) in [6.45, 7) is 1.08. The van der Waals surface area contributed by atoms with E-state index in [0.717, 1.165) is 36.1 Å². The molecule has 0 saturated carbocycles. The molecule has 1 N–H and O–H groups in total. The second-order valence-corrected chi connectivity index (χ2v) is 8.58. The van der Waals surface area contributed by atoms with Crippen molar-refractivity contribution < 1.29 is 17.9 Å². The van der Waals surface area contributed by atoms with Gasteiger partial charge < -0.3 is 9.47 Å². The van der Waals surface area contributed by atoms with Gasteiger partial charge in [0.25, 0.3) is 10.0 Å². The molecule has 0 amide bonds. The standard InChI is InChI=1S/C16H17NO4S2/c18-23(19,16-5-2-8-22-16)17-13-4-1-3-11-9-14-15(10-12(11)13)21-7-6-20-14/h2,5,8-10,13,17H,1,3-4,6-7H2. The number of ether oxygens (including phenoxy) is 2. The van der Waals surface area contributed by atoms with E-state index in [1.165, 1.54) is 11.3 Å². The summed E-state index contributed by atoms with van der Waals surface area (Å²) in [7, 11) is -3.48. The van der Waals surface area contributed by atoms with E-state index in [1.807, 2.05) is 12.1 Å². The van der Waals surface area contributed by atoms with Gasteiger partial charge in [0.2, 0.25) is 0 Å². The van der Waals surface area contributed by atoms with Crippen molar-refractivity contribution >= 4 is 21.4 Å². The van der Waals surface area contributed by atoms with Crippen molar-refractivity contribution in [3.05, 3.63) is 40.8 Å². The van der Waals surface area contributed by atoms with E-state index in [2.05, 4.69) is 4.72 Å². The molecule has 2 aromatic rings. The number of thiophene rings is 1. The highest BCUT2D eigenvalue weighted by Gasteiger charge is 2.28. The highest BCUT2D eigenvalue weighted by Crippen LogP contribution is 2.40. The first kappa shape index (κ1) is 15.0. The van der Waals surface area contributed by atoms with Crippen LogP contribution in [0.25, 0.3) is 0 Å². The minimum atomic E-state index is -3.48. The summed E-state index contributed by atoms with van der Waals surface area (Å²) in [5.74, 6) is 1.47. The molecule has 0 fully saturated rings. The largest absolute Gasteiger partial charge is 0.486 e. The lowest BCUT2D eigenvalue weighted by Gasteiger charge is -2.28. The first-order chi connectivity index (χ1) is 11.1. The van der Waals surface area contributed by atoms with Gasteiger partial charge in [0, 0.05) is 6.04 Å². The molecule has 1 aromatic heterocycles. The van der Waals surface area contributed by atoms with Gasteiger partial charge >= 0.3 is 0 Å². The van der Waals surface area contributed by atoms with Crippen LogP contribution in [0.3, 0.4) is 0 Å². The Morgan fingerprint density at radius 3 is 2.70 bits per heavy atom. The van der Waals surface area contributed by atoms with E-state index in [-0.39, 0.29) is 6.04 Å². The summed E-state index contributed by atoms with van der Waals surface area (Å²) in [4.78, 5) is 0. The van der Waals surface area contributed by atoms with E-state index < -0.39 is 10.0 Å². The van der Waals surface area contributed by atoms with Crippen LogP contribution in [-0.4, -0.2) is 21.6 Å². The van der Waals surface area contributed by atoms with E-state index in [4.69, 9.17) is 9.47 Å². The van der Waals surface area contributed by atoms with Crippen LogP contribution in [0.1, 0.15) is 30.0 Å². The van der Waals surface area contributed by atoms with Gasteiger partial charge in [-0.3, -0.25) is 0 Å². The quantitative estimate of drug-likeness (QED) is 0.923. The lowest BCUT2D eigenvalue weighted by Crippen LogP contribution is -2.31. The van der Waals surface area contributed by atoms with Crippen LogP contribution in [0.4, 0.5) is 0 Å². The molecule has 0 saturated heterocycles. The van der Waals surface area contributed by atoms with Crippen LogP contribution in [0.2, 0.25) is 0 Å². The molecule has 1 aliphatic heterocycles. The highest BCUT2D eigenvalue weighted by molar-refractivity contribution is 7.91. The molecule has 1 atom stereocenters. The number of aryl methyl sites for hydroxylation is 1. The Morgan fingerprint density at radius 1 is 1.17 bits per heavy atom. The van der Waals surface area contributed by atoms with Crippen molar-refractivity contribution in [2.75, 3.05) is 13.2 Å². The van der Waals surface area contributed by atoms with E-state index >= 15 is 0 Å². The predicted octanol–water partition coefficient (Wildman–Crippen LogP) is 2.88. The van der Waals surface area contributed by atoms with Crippen molar-refractivity contribution in [2.45, 2.75) is 29.5 Å². The monoisotopic (exact) mass is 351 g/mol. The summed E-state index contributed by atoms with van der Waals surface area (Å²) in [6, 6.07) is 7.08. The number of rotatable bonds is 3. The molecule has 1 aliphatic carbocycles. The van der Waals surface area contributed by atoms with Gasteiger partial charge in [0.05, 0.1) is 0 Å². The zero-order valence-electron chi connectivity index (χ0n) is 12.4. The van der Waals surface area contributed by atoms with Gasteiger partial charge in [0.15, 0.2) is 11.5 Å². The molecule has 7 heteroatoms. The van der Waals surface area contributed by atoms with Crippen LogP contribution >= 0.6 is 11.3 Å². The van der Waals surface area contributed by atoms with E-state index in [0.29, 0.717) is 23.2 Å². The molecule has 122 valence electrons. The maximum atomic E-state index is 12.5. The zero-order valence-corrected chi connectivity index (χ0v) is 14.1. The number of nitrogens with one attached hydrogen (secondary N) is 1. The second kappa shape index (κ2) is 5.81. The molecule has 23 heavy (non-hydrogen) atoms. The summed E-state index contributed by atoms with van der Waals surface area (Å²) in [5, 5.41) is 1.77. The third-order valence-electron chi connectivity index (χ3n) is 4.18. The van der Waals surface area contributed by atoms with Crippen LogP contribution in [0.5, 0.6) is 11.5 Å². The Hall–Kier alpha value is -1.57. The van der Waals surface area contributed by atoms with Crippen molar-refractivity contribution in [1.82, 2.24) is 4.72 Å². The van der Waals surface area contributed by atoms with Crippen LogP contribution < -0.4 is 14.2 Å². The summed E-state index contributed by atoms with van der Waals surface area (Å²) in [6.07, 6.45) is 2.67. The average Bonchev–Trinajstić information content (AvgIpc) is 3.09. The molecule has 5 nitrogen and oxygen atoms in total. The maximum absolute atomic E-state index is 12.5. The van der Waals surface area contributed by atoms with Crippen LogP contribution in [0.15, 0.2) is 33.9 Å². The first-order valence-corrected chi connectivity index (χ1v) is 9.98. The average molecular weight is 351 g/mol. The molecule has 4 rings (SSSR count). The normalized spacial score (nSPS) is 20.1. The molecule has 2 heterocycles. The van der Waals surface area contributed by atoms with Crippen molar-refractivity contribution in [2.24, 2.45) is 0 Å². The Labute approximate surface area is 139 Å². The van der Waals surface area contributed by atoms with Gasteiger partial charge in [-0.15, -0.1) is 11.3 Å². The number of fused-ring (bicyclic) bond motifs is 2. The lowest BCUT2D eigenvalue weighted by molar-refractivity contribution is 0.171. The summed E-state index contributed by atoms with van der Waals surface area (Å²) in [5.41, 5.74) is 2.14. The predicted molar refractivity (Wildman–Crippen MR) is 87.8 cm³/mol.